The zero-order chi connectivity index (χ0) is 13.1. The van der Waals surface area contributed by atoms with E-state index in [4.69, 9.17) is 0 Å². The van der Waals surface area contributed by atoms with Gasteiger partial charge in [0.25, 0.3) is 5.69 Å². The number of hydrogen-bond acceptors (Lipinski definition) is 4. The van der Waals surface area contributed by atoms with Crippen molar-refractivity contribution in [2.24, 2.45) is 0 Å². The van der Waals surface area contributed by atoms with Gasteiger partial charge in [-0.2, -0.15) is 4.98 Å². The highest BCUT2D eigenvalue weighted by Gasteiger charge is 2.09. The molecule has 0 saturated carbocycles. The van der Waals surface area contributed by atoms with Crippen LogP contribution in [0.25, 0.3) is 0 Å². The van der Waals surface area contributed by atoms with Crippen molar-refractivity contribution in [1.29, 1.82) is 0 Å². The van der Waals surface area contributed by atoms with Crippen LogP contribution >= 0.6 is 11.3 Å². The smallest absolute Gasteiger partial charge is 0.266 e. The third kappa shape index (κ3) is 2.80. The predicted octanol–water partition coefficient (Wildman–Crippen LogP) is 1.44. The molecule has 0 amide bonds. The first-order valence-electron chi connectivity index (χ1n) is 6.03. The molecule has 0 spiro atoms. The number of rotatable bonds is 1. The fourth-order valence-electron chi connectivity index (χ4n) is 1.79. The van der Waals surface area contributed by atoms with Gasteiger partial charge in [-0.15, -0.1) is 0 Å². The second kappa shape index (κ2) is 5.21. The second-order valence-corrected chi connectivity index (χ2v) is 5.31. The van der Waals surface area contributed by atoms with Gasteiger partial charge >= 0.3 is 0 Å². The fourth-order valence-corrected chi connectivity index (χ4v) is 2.37. The molecule has 0 bridgehead atoms. The lowest BCUT2D eigenvalue weighted by Gasteiger charge is -2.13. The number of thiazole rings is 1. The molecule has 0 saturated heterocycles. The maximum Gasteiger partial charge on any atom is 0.266 e. The van der Waals surface area contributed by atoms with Crippen molar-refractivity contribution in [3.8, 4) is 11.8 Å². The molecular weight excluding hydrogens is 256 g/mol. The Balaban J connectivity index is 1.74. The van der Waals surface area contributed by atoms with Gasteiger partial charge in [0, 0.05) is 38.3 Å². The van der Waals surface area contributed by atoms with Gasteiger partial charge in [-0.05, 0) is 0 Å². The summed E-state index contributed by atoms with van der Waals surface area (Å²) in [6, 6.07) is 0. The van der Waals surface area contributed by atoms with Gasteiger partial charge in [-0.1, -0.05) is 29.4 Å². The van der Waals surface area contributed by atoms with Crippen LogP contribution < -0.4 is 9.88 Å². The van der Waals surface area contributed by atoms with E-state index in [1.165, 1.54) is 0 Å². The average Bonchev–Trinajstić information content (AvgIpc) is 3.08. The first-order valence-corrected chi connectivity index (χ1v) is 6.91. The molecule has 3 heterocycles. The highest BCUT2D eigenvalue weighted by atomic mass is 32.1. The average molecular weight is 269 g/mol. The van der Waals surface area contributed by atoms with Crippen LogP contribution in [0.2, 0.25) is 0 Å². The number of H-pyrrole nitrogens is 1. The quantitative estimate of drug-likeness (QED) is 0.581. The molecule has 1 aliphatic heterocycles. The molecule has 5 heteroatoms. The molecule has 1 N–H and O–H groups in total. The Morgan fingerprint density at radius 3 is 2.58 bits per heavy atom. The lowest BCUT2D eigenvalue weighted by molar-refractivity contribution is -0.383. The summed E-state index contributed by atoms with van der Waals surface area (Å²) < 4.78 is 0. The summed E-state index contributed by atoms with van der Waals surface area (Å²) in [5.74, 6) is 6.89. The summed E-state index contributed by atoms with van der Waals surface area (Å²) >= 11 is 1.66. The van der Waals surface area contributed by atoms with Gasteiger partial charge in [-0.25, -0.2) is 9.97 Å². The Labute approximate surface area is 115 Å². The Morgan fingerprint density at radius 1 is 1.21 bits per heavy atom. The van der Waals surface area contributed by atoms with Crippen LogP contribution in [0.1, 0.15) is 16.3 Å². The minimum absolute atomic E-state index is 0.758. The van der Waals surface area contributed by atoms with Crippen molar-refractivity contribution < 1.29 is 4.98 Å². The van der Waals surface area contributed by atoms with Crippen molar-refractivity contribution in [3.05, 3.63) is 46.2 Å². The Hall–Kier alpha value is -2.19. The molecule has 0 unspecified atom stereocenters. The SMILES string of the molecule is Cc1[nH+]c(C#Cc2cnc(N3CC=CC3)nc2)cs1. The summed E-state index contributed by atoms with van der Waals surface area (Å²) in [6.07, 6.45) is 7.78. The number of aryl methyl sites for hydroxylation is 1. The third-order valence-corrected chi connectivity index (χ3v) is 3.55. The van der Waals surface area contributed by atoms with Gasteiger partial charge in [0.15, 0.2) is 0 Å². The Morgan fingerprint density at radius 2 is 1.95 bits per heavy atom. The van der Waals surface area contributed by atoms with Crippen LogP contribution in [0.5, 0.6) is 0 Å². The molecule has 94 valence electrons. The van der Waals surface area contributed by atoms with Crippen LogP contribution in [-0.2, 0) is 0 Å². The molecule has 0 atom stereocenters. The zero-order valence-corrected chi connectivity index (χ0v) is 11.4. The largest absolute Gasteiger partial charge is 0.333 e. The summed E-state index contributed by atoms with van der Waals surface area (Å²) in [7, 11) is 0. The summed E-state index contributed by atoms with van der Waals surface area (Å²) in [5, 5.41) is 3.16. The Kier molecular flexibility index (Phi) is 3.25. The number of anilines is 1. The molecule has 2 aromatic rings. The molecule has 1 aliphatic rings. The van der Waals surface area contributed by atoms with Gasteiger partial charge in [-0.3, -0.25) is 0 Å². The number of aromatic amines is 1. The van der Waals surface area contributed by atoms with E-state index in [1.807, 2.05) is 12.3 Å². The fraction of sp³-hybridized carbons (Fsp3) is 0.214. The van der Waals surface area contributed by atoms with Gasteiger partial charge in [0.05, 0.1) is 10.9 Å². The lowest BCUT2D eigenvalue weighted by Crippen LogP contribution is -2.20. The van der Waals surface area contributed by atoms with Crippen molar-refractivity contribution in [2.45, 2.75) is 6.92 Å². The highest BCUT2D eigenvalue weighted by molar-refractivity contribution is 7.09. The number of hydrogen-bond donors (Lipinski definition) is 0. The lowest BCUT2D eigenvalue weighted by atomic mass is 10.3. The van der Waals surface area contributed by atoms with Gasteiger partial charge in [0.2, 0.25) is 11.0 Å². The zero-order valence-electron chi connectivity index (χ0n) is 10.6. The summed E-state index contributed by atoms with van der Waals surface area (Å²) in [6.45, 7) is 3.79. The third-order valence-electron chi connectivity index (χ3n) is 2.75. The van der Waals surface area contributed by atoms with Crippen molar-refractivity contribution >= 4 is 17.3 Å². The normalized spacial score (nSPS) is 13.4. The molecule has 3 rings (SSSR count). The first-order chi connectivity index (χ1) is 9.31. The van der Waals surface area contributed by atoms with Crippen molar-refractivity contribution in [3.63, 3.8) is 0 Å². The Bertz CT molecular complexity index is 653. The maximum atomic E-state index is 4.34. The highest BCUT2D eigenvalue weighted by Crippen LogP contribution is 2.10. The topological polar surface area (TPSA) is 43.2 Å². The number of aromatic nitrogens is 3. The first kappa shape index (κ1) is 11.9. The molecule has 0 aliphatic carbocycles. The van der Waals surface area contributed by atoms with Crippen molar-refractivity contribution in [1.82, 2.24) is 9.97 Å². The van der Waals surface area contributed by atoms with Crippen LogP contribution in [0.3, 0.4) is 0 Å². The van der Waals surface area contributed by atoms with Crippen LogP contribution in [0, 0.1) is 18.8 Å². The van der Waals surface area contributed by atoms with Gasteiger partial charge < -0.3 is 4.90 Å². The van der Waals surface area contributed by atoms with E-state index < -0.39 is 0 Å². The van der Waals surface area contributed by atoms with E-state index in [0.717, 1.165) is 35.3 Å². The van der Waals surface area contributed by atoms with E-state index >= 15 is 0 Å². The molecule has 0 fully saturated rings. The minimum atomic E-state index is 0.758. The summed E-state index contributed by atoms with van der Waals surface area (Å²) in [5.41, 5.74) is 1.75. The summed E-state index contributed by atoms with van der Waals surface area (Å²) in [4.78, 5) is 14.0. The van der Waals surface area contributed by atoms with Crippen LogP contribution in [0.15, 0.2) is 29.9 Å². The second-order valence-electron chi connectivity index (χ2n) is 4.23. The van der Waals surface area contributed by atoms with E-state index in [1.54, 1.807) is 23.7 Å². The standard InChI is InChI=1S/C14H12N4S/c1-11-17-13(10-19-11)5-4-12-8-15-14(16-9-12)18-6-2-3-7-18/h2-3,8-10H,6-7H2,1H3/p+1. The molecule has 4 nitrogen and oxygen atoms in total. The number of nitrogens with zero attached hydrogens (tertiary/aromatic N) is 3. The van der Waals surface area contributed by atoms with E-state index in [2.05, 4.69) is 43.8 Å². The van der Waals surface area contributed by atoms with E-state index in [9.17, 15) is 0 Å². The molecular formula is C14H13N4S+. The van der Waals surface area contributed by atoms with Crippen LogP contribution in [0.4, 0.5) is 5.95 Å². The molecule has 0 radical (unpaired) electrons. The predicted molar refractivity (Wildman–Crippen MR) is 75.0 cm³/mol. The van der Waals surface area contributed by atoms with Crippen LogP contribution in [-0.4, -0.2) is 23.1 Å². The molecule has 0 aromatic carbocycles. The molecule has 2 aromatic heterocycles. The minimum Gasteiger partial charge on any atom is -0.333 e. The monoisotopic (exact) mass is 269 g/mol. The van der Waals surface area contributed by atoms with Crippen molar-refractivity contribution in [2.75, 3.05) is 18.0 Å². The maximum absolute atomic E-state index is 4.34. The van der Waals surface area contributed by atoms with Gasteiger partial charge in [0.1, 0.15) is 0 Å². The number of nitrogens with one attached hydrogen (secondary N) is 1. The van der Waals surface area contributed by atoms with E-state index in [0.29, 0.717) is 0 Å². The molecule has 19 heavy (non-hydrogen) atoms. The van der Waals surface area contributed by atoms with E-state index in [-0.39, 0.29) is 0 Å².